The number of nitrogens with two attached hydrogens (primary N) is 1. The molecule has 0 aromatic heterocycles. The summed E-state index contributed by atoms with van der Waals surface area (Å²) in [4.78, 5) is 0. The number of hydrogen-bond acceptors (Lipinski definition) is 3. The summed E-state index contributed by atoms with van der Waals surface area (Å²) in [6.45, 7) is 3.17. The van der Waals surface area contributed by atoms with Crippen LogP contribution in [0.5, 0.6) is 0 Å². The van der Waals surface area contributed by atoms with E-state index in [0.29, 0.717) is 26.4 Å². The maximum Gasteiger partial charge on any atom is 0.0701 e. The van der Waals surface area contributed by atoms with E-state index in [2.05, 4.69) is 6.07 Å². The third kappa shape index (κ3) is 6.23. The zero-order chi connectivity index (χ0) is 10.8. The predicted octanol–water partition coefficient (Wildman–Crippen LogP) is 1.02. The molecule has 0 aliphatic rings. The van der Waals surface area contributed by atoms with Crippen molar-refractivity contribution >= 4 is 0 Å². The van der Waals surface area contributed by atoms with Crippen LogP contribution in [0, 0.1) is 6.07 Å². The quantitative estimate of drug-likeness (QED) is 0.649. The second kappa shape index (κ2) is 8.41. The first kappa shape index (κ1) is 12.2. The summed E-state index contributed by atoms with van der Waals surface area (Å²) >= 11 is 0. The van der Waals surface area contributed by atoms with Crippen LogP contribution in [0.1, 0.15) is 5.56 Å². The highest BCUT2D eigenvalue weighted by atomic mass is 16.5. The Hall–Kier alpha value is -0.900. The average molecular weight is 208 g/mol. The molecule has 0 amide bonds. The summed E-state index contributed by atoms with van der Waals surface area (Å²) < 4.78 is 10.6. The third-order valence-electron chi connectivity index (χ3n) is 1.96. The van der Waals surface area contributed by atoms with Crippen molar-refractivity contribution < 1.29 is 9.47 Å². The van der Waals surface area contributed by atoms with E-state index in [1.54, 1.807) is 0 Å². The van der Waals surface area contributed by atoms with Crippen molar-refractivity contribution in [2.24, 2.45) is 5.73 Å². The van der Waals surface area contributed by atoms with Crippen LogP contribution in [-0.2, 0) is 15.9 Å². The van der Waals surface area contributed by atoms with E-state index < -0.39 is 0 Å². The Morgan fingerprint density at radius 1 is 1.00 bits per heavy atom. The molecule has 0 spiro atoms. The lowest BCUT2D eigenvalue weighted by molar-refractivity contribution is 0.0519. The maximum absolute atomic E-state index is 5.41. The number of ether oxygens (including phenoxy) is 2. The van der Waals surface area contributed by atoms with Crippen molar-refractivity contribution in [3.05, 3.63) is 35.9 Å². The highest BCUT2D eigenvalue weighted by molar-refractivity contribution is 5.13. The predicted molar refractivity (Wildman–Crippen MR) is 59.7 cm³/mol. The number of benzene rings is 1. The highest BCUT2D eigenvalue weighted by Gasteiger charge is 1.92. The van der Waals surface area contributed by atoms with Crippen LogP contribution < -0.4 is 5.73 Å². The molecule has 3 heteroatoms. The Kier molecular flexibility index (Phi) is 6.83. The van der Waals surface area contributed by atoms with Crippen molar-refractivity contribution in [2.45, 2.75) is 6.42 Å². The monoisotopic (exact) mass is 208 g/mol. The Labute approximate surface area is 91.2 Å². The van der Waals surface area contributed by atoms with Crippen molar-refractivity contribution in [1.29, 1.82) is 0 Å². The van der Waals surface area contributed by atoms with Gasteiger partial charge >= 0.3 is 0 Å². The highest BCUT2D eigenvalue weighted by Crippen LogP contribution is 1.98. The molecule has 0 aliphatic carbocycles. The van der Waals surface area contributed by atoms with Gasteiger partial charge in [0.1, 0.15) is 0 Å². The summed E-state index contributed by atoms with van der Waals surface area (Å²) in [5.41, 5.74) is 6.55. The lowest BCUT2D eigenvalue weighted by Gasteiger charge is -2.04. The summed E-state index contributed by atoms with van der Waals surface area (Å²) in [6.07, 6.45) is 0.936. The molecule has 0 bridgehead atoms. The zero-order valence-corrected chi connectivity index (χ0v) is 8.95. The van der Waals surface area contributed by atoms with Crippen LogP contribution in [0.2, 0.25) is 0 Å². The first-order valence-electron chi connectivity index (χ1n) is 5.24. The topological polar surface area (TPSA) is 44.5 Å². The Bertz CT molecular complexity index is 239. The molecule has 1 rings (SSSR count). The van der Waals surface area contributed by atoms with Gasteiger partial charge in [-0.3, -0.25) is 0 Å². The summed E-state index contributed by atoms with van der Waals surface area (Å²) in [5, 5.41) is 0. The van der Waals surface area contributed by atoms with E-state index in [4.69, 9.17) is 15.2 Å². The Morgan fingerprint density at radius 3 is 2.33 bits per heavy atom. The van der Waals surface area contributed by atoms with E-state index in [9.17, 15) is 0 Å². The lowest BCUT2D eigenvalue weighted by Crippen LogP contribution is -2.12. The van der Waals surface area contributed by atoms with Gasteiger partial charge in [-0.15, -0.1) is 0 Å². The molecule has 0 saturated carbocycles. The van der Waals surface area contributed by atoms with Gasteiger partial charge in [-0.2, -0.15) is 0 Å². The molecule has 83 valence electrons. The Morgan fingerprint density at radius 2 is 1.67 bits per heavy atom. The number of hydrogen-bond donors (Lipinski definition) is 1. The molecule has 0 atom stereocenters. The lowest BCUT2D eigenvalue weighted by atomic mass is 10.2. The minimum Gasteiger partial charge on any atom is -0.379 e. The fraction of sp³-hybridized carbons (Fsp3) is 0.500. The largest absolute Gasteiger partial charge is 0.379 e. The van der Waals surface area contributed by atoms with Gasteiger partial charge in [-0.05, 0) is 18.1 Å². The van der Waals surface area contributed by atoms with Gasteiger partial charge in [0.2, 0.25) is 0 Å². The minimum atomic E-state index is 0.570. The molecule has 1 aromatic carbocycles. The molecule has 2 N–H and O–H groups in total. The fourth-order valence-corrected chi connectivity index (χ4v) is 1.18. The van der Waals surface area contributed by atoms with Crippen LogP contribution in [-0.4, -0.2) is 33.0 Å². The van der Waals surface area contributed by atoms with Gasteiger partial charge in [-0.1, -0.05) is 24.3 Å². The van der Waals surface area contributed by atoms with Crippen molar-refractivity contribution in [2.75, 3.05) is 33.0 Å². The molecule has 3 nitrogen and oxygen atoms in total. The van der Waals surface area contributed by atoms with E-state index in [0.717, 1.165) is 13.0 Å². The normalized spacial score (nSPS) is 10.5. The average Bonchev–Trinajstić information content (AvgIpc) is 2.29. The molecular formula is C12H18NO2. The van der Waals surface area contributed by atoms with Gasteiger partial charge in [-0.25, -0.2) is 0 Å². The molecule has 0 fully saturated rings. The fourth-order valence-electron chi connectivity index (χ4n) is 1.18. The van der Waals surface area contributed by atoms with Gasteiger partial charge in [0.05, 0.1) is 26.4 Å². The SMILES string of the molecule is NCCOCCOCCc1cc[c]cc1. The summed E-state index contributed by atoms with van der Waals surface area (Å²) in [5.74, 6) is 0. The van der Waals surface area contributed by atoms with Crippen LogP contribution in [0.3, 0.4) is 0 Å². The van der Waals surface area contributed by atoms with Crippen molar-refractivity contribution in [3.63, 3.8) is 0 Å². The van der Waals surface area contributed by atoms with E-state index >= 15 is 0 Å². The van der Waals surface area contributed by atoms with Gasteiger partial charge in [0.15, 0.2) is 0 Å². The first-order chi connectivity index (χ1) is 7.43. The van der Waals surface area contributed by atoms with Crippen LogP contribution >= 0.6 is 0 Å². The molecule has 1 aromatic rings. The van der Waals surface area contributed by atoms with Gasteiger partial charge < -0.3 is 15.2 Å². The second-order valence-corrected chi connectivity index (χ2v) is 3.17. The zero-order valence-electron chi connectivity index (χ0n) is 8.95. The summed E-state index contributed by atoms with van der Waals surface area (Å²) in [6, 6.07) is 10.9. The molecule has 0 heterocycles. The van der Waals surface area contributed by atoms with E-state index in [-0.39, 0.29) is 0 Å². The molecule has 0 saturated heterocycles. The van der Waals surface area contributed by atoms with E-state index in [1.807, 2.05) is 24.3 Å². The summed E-state index contributed by atoms with van der Waals surface area (Å²) in [7, 11) is 0. The second-order valence-electron chi connectivity index (χ2n) is 3.17. The third-order valence-corrected chi connectivity index (χ3v) is 1.96. The van der Waals surface area contributed by atoms with Crippen LogP contribution in [0.15, 0.2) is 24.3 Å². The number of rotatable bonds is 8. The Balaban J connectivity index is 1.93. The van der Waals surface area contributed by atoms with Gasteiger partial charge in [0, 0.05) is 6.54 Å². The molecule has 1 radical (unpaired) electrons. The van der Waals surface area contributed by atoms with Crippen molar-refractivity contribution in [3.8, 4) is 0 Å². The van der Waals surface area contributed by atoms with Crippen LogP contribution in [0.25, 0.3) is 0 Å². The molecular weight excluding hydrogens is 190 g/mol. The molecule has 0 aliphatic heterocycles. The molecule has 15 heavy (non-hydrogen) atoms. The van der Waals surface area contributed by atoms with Crippen molar-refractivity contribution in [1.82, 2.24) is 0 Å². The molecule has 0 unspecified atom stereocenters. The minimum absolute atomic E-state index is 0.570. The van der Waals surface area contributed by atoms with E-state index in [1.165, 1.54) is 5.56 Å². The standard InChI is InChI=1S/C12H18NO2/c13-7-9-15-11-10-14-8-6-12-4-2-1-3-5-12/h2-5H,6-11,13H2. The smallest absolute Gasteiger partial charge is 0.0701 e. The maximum atomic E-state index is 5.41. The van der Waals surface area contributed by atoms with Gasteiger partial charge in [0.25, 0.3) is 0 Å². The van der Waals surface area contributed by atoms with Crippen LogP contribution in [0.4, 0.5) is 0 Å². The first-order valence-corrected chi connectivity index (χ1v) is 5.24.